The summed E-state index contributed by atoms with van der Waals surface area (Å²) in [7, 11) is 1.99. The molecule has 0 spiro atoms. The van der Waals surface area contributed by atoms with E-state index in [0.29, 0.717) is 18.6 Å². The molecule has 20 heavy (non-hydrogen) atoms. The molecule has 1 aromatic carbocycles. The number of aliphatic hydroxyl groups is 1. The minimum atomic E-state index is -0.450. The Labute approximate surface area is 117 Å². The fraction of sp³-hybridized carbons (Fsp3) is 0.312. The lowest BCUT2D eigenvalue weighted by atomic mass is 10.0. The second-order valence-electron chi connectivity index (χ2n) is 5.01. The maximum Gasteiger partial charge on any atom is 0.342 e. The second kappa shape index (κ2) is 4.71. The first-order valence-electron chi connectivity index (χ1n) is 6.80. The molecule has 1 aliphatic carbocycles. The number of allylic oxidation sites excluding steroid dienone is 1. The Morgan fingerprint density at radius 2 is 2.20 bits per heavy atom. The minimum absolute atomic E-state index is 0.120. The summed E-state index contributed by atoms with van der Waals surface area (Å²) in [6, 6.07) is 5.80. The number of carbonyl (C=O) groups excluding carboxylic acids is 1. The number of hydrogen-bond donors (Lipinski definition) is 1. The molecule has 4 nitrogen and oxygen atoms in total. The van der Waals surface area contributed by atoms with Crippen molar-refractivity contribution < 1.29 is 14.6 Å². The van der Waals surface area contributed by atoms with Crippen LogP contribution in [0.5, 0.6) is 0 Å². The van der Waals surface area contributed by atoms with Gasteiger partial charge in [0, 0.05) is 36.1 Å². The van der Waals surface area contributed by atoms with Gasteiger partial charge in [-0.25, -0.2) is 4.79 Å². The van der Waals surface area contributed by atoms with Crippen molar-refractivity contribution in [1.82, 2.24) is 4.57 Å². The van der Waals surface area contributed by atoms with Crippen LogP contribution in [0.2, 0.25) is 0 Å². The highest BCUT2D eigenvalue weighted by molar-refractivity contribution is 6.21. The van der Waals surface area contributed by atoms with E-state index in [1.807, 2.05) is 25.2 Å². The van der Waals surface area contributed by atoms with E-state index in [1.54, 1.807) is 6.92 Å². The Morgan fingerprint density at radius 3 is 2.95 bits per heavy atom. The van der Waals surface area contributed by atoms with E-state index in [4.69, 9.17) is 4.74 Å². The topological polar surface area (TPSA) is 51.5 Å². The third-order valence-electron chi connectivity index (χ3n) is 3.76. The number of esters is 1. The van der Waals surface area contributed by atoms with Crippen LogP contribution in [-0.2, 0) is 23.0 Å². The van der Waals surface area contributed by atoms with Crippen LogP contribution in [0.4, 0.5) is 0 Å². The molecule has 0 fully saturated rings. The standard InChI is InChI=1S/C16H17NO3/c1-3-20-16(19)15-11-5-4-6-12-14(11)10(9-17(12)2)7-8-13(15)18/h4-6,9,18H,3,7-8H2,1-2H3. The third kappa shape index (κ3) is 1.80. The predicted molar refractivity (Wildman–Crippen MR) is 77.4 cm³/mol. The Kier molecular flexibility index (Phi) is 3.01. The molecule has 4 heteroatoms. The van der Waals surface area contributed by atoms with Gasteiger partial charge in [0.15, 0.2) is 0 Å². The van der Waals surface area contributed by atoms with Gasteiger partial charge < -0.3 is 14.4 Å². The predicted octanol–water partition coefficient (Wildman–Crippen LogP) is 2.96. The molecule has 0 saturated heterocycles. The fourth-order valence-corrected chi connectivity index (χ4v) is 2.90. The SMILES string of the molecule is CCOC(=O)C1=C(O)CCc2cn(C)c3cccc1c23. The summed E-state index contributed by atoms with van der Waals surface area (Å²) in [4.78, 5) is 12.2. The van der Waals surface area contributed by atoms with Crippen LogP contribution in [0.1, 0.15) is 24.5 Å². The monoisotopic (exact) mass is 271 g/mol. The van der Waals surface area contributed by atoms with Crippen LogP contribution in [0.3, 0.4) is 0 Å². The number of rotatable bonds is 2. The summed E-state index contributed by atoms with van der Waals surface area (Å²) in [5.74, 6) is -0.330. The van der Waals surface area contributed by atoms with E-state index in [-0.39, 0.29) is 5.76 Å². The molecule has 1 N–H and O–H groups in total. The number of nitrogens with zero attached hydrogens (tertiary/aromatic N) is 1. The molecule has 1 heterocycles. The van der Waals surface area contributed by atoms with E-state index in [1.165, 1.54) is 0 Å². The molecule has 2 aromatic rings. The maximum absolute atomic E-state index is 12.2. The van der Waals surface area contributed by atoms with Crippen LogP contribution in [0, 0.1) is 0 Å². The lowest BCUT2D eigenvalue weighted by molar-refractivity contribution is -0.136. The van der Waals surface area contributed by atoms with E-state index in [2.05, 4.69) is 10.8 Å². The maximum atomic E-state index is 12.2. The number of aromatic nitrogens is 1. The molecule has 104 valence electrons. The highest BCUT2D eigenvalue weighted by atomic mass is 16.5. The molecule has 3 rings (SSSR count). The highest BCUT2D eigenvalue weighted by Crippen LogP contribution is 2.35. The molecule has 0 amide bonds. The van der Waals surface area contributed by atoms with Crippen LogP contribution in [-0.4, -0.2) is 22.2 Å². The second-order valence-corrected chi connectivity index (χ2v) is 5.01. The first-order valence-corrected chi connectivity index (χ1v) is 6.80. The van der Waals surface area contributed by atoms with E-state index < -0.39 is 5.97 Å². The first-order chi connectivity index (χ1) is 9.63. The largest absolute Gasteiger partial charge is 0.511 e. The molecule has 0 radical (unpaired) electrons. The van der Waals surface area contributed by atoms with Crippen molar-refractivity contribution in [3.63, 3.8) is 0 Å². The number of hydrogen-bond acceptors (Lipinski definition) is 3. The minimum Gasteiger partial charge on any atom is -0.511 e. The summed E-state index contributed by atoms with van der Waals surface area (Å²) in [5, 5.41) is 11.3. The van der Waals surface area contributed by atoms with Gasteiger partial charge in [0.1, 0.15) is 11.3 Å². The molecule has 0 unspecified atom stereocenters. The lowest BCUT2D eigenvalue weighted by Crippen LogP contribution is -2.09. The van der Waals surface area contributed by atoms with Gasteiger partial charge in [0.2, 0.25) is 0 Å². The van der Waals surface area contributed by atoms with Crippen molar-refractivity contribution in [2.45, 2.75) is 19.8 Å². The normalized spacial score (nSPS) is 14.5. The number of aryl methyl sites for hydroxylation is 2. The Morgan fingerprint density at radius 1 is 1.40 bits per heavy atom. The molecule has 0 atom stereocenters. The molecular formula is C16H17NO3. The smallest absolute Gasteiger partial charge is 0.342 e. The van der Waals surface area contributed by atoms with Gasteiger partial charge in [-0.05, 0) is 25.0 Å². The summed E-state index contributed by atoms with van der Waals surface area (Å²) in [5.41, 5.74) is 3.30. The zero-order valence-corrected chi connectivity index (χ0v) is 11.6. The van der Waals surface area contributed by atoms with E-state index in [9.17, 15) is 9.90 Å². The van der Waals surface area contributed by atoms with Crippen molar-refractivity contribution in [1.29, 1.82) is 0 Å². The molecule has 0 saturated carbocycles. The lowest BCUT2D eigenvalue weighted by Gasteiger charge is -2.10. The van der Waals surface area contributed by atoms with Crippen LogP contribution >= 0.6 is 0 Å². The molecule has 1 aromatic heterocycles. The van der Waals surface area contributed by atoms with Gasteiger partial charge in [-0.1, -0.05) is 12.1 Å². The van der Waals surface area contributed by atoms with E-state index in [0.717, 1.165) is 28.5 Å². The van der Waals surface area contributed by atoms with Crippen molar-refractivity contribution in [3.05, 3.63) is 41.3 Å². The molecular weight excluding hydrogens is 254 g/mol. The van der Waals surface area contributed by atoms with Crippen molar-refractivity contribution in [2.75, 3.05) is 6.61 Å². The van der Waals surface area contributed by atoms with E-state index >= 15 is 0 Å². The van der Waals surface area contributed by atoms with Crippen LogP contribution in [0.25, 0.3) is 16.5 Å². The number of aliphatic hydroxyl groups excluding tert-OH is 1. The average molecular weight is 271 g/mol. The Hall–Kier alpha value is -2.23. The van der Waals surface area contributed by atoms with Gasteiger partial charge in [0.25, 0.3) is 0 Å². The van der Waals surface area contributed by atoms with Crippen molar-refractivity contribution in [3.8, 4) is 0 Å². The van der Waals surface area contributed by atoms with Gasteiger partial charge in [-0.15, -0.1) is 0 Å². The summed E-state index contributed by atoms with van der Waals surface area (Å²) < 4.78 is 7.15. The Balaban J connectivity index is 2.30. The van der Waals surface area contributed by atoms with Gasteiger partial charge in [-0.2, -0.15) is 0 Å². The number of benzene rings is 1. The van der Waals surface area contributed by atoms with Crippen LogP contribution in [0.15, 0.2) is 30.2 Å². The quantitative estimate of drug-likeness (QED) is 0.854. The Bertz CT molecular complexity index is 725. The molecule has 0 aliphatic heterocycles. The van der Waals surface area contributed by atoms with Crippen LogP contribution < -0.4 is 0 Å². The van der Waals surface area contributed by atoms with Gasteiger partial charge in [-0.3, -0.25) is 0 Å². The third-order valence-corrected chi connectivity index (χ3v) is 3.76. The number of carbonyl (C=O) groups is 1. The summed E-state index contributed by atoms with van der Waals surface area (Å²) >= 11 is 0. The highest BCUT2D eigenvalue weighted by Gasteiger charge is 2.25. The summed E-state index contributed by atoms with van der Waals surface area (Å²) in [6.07, 6.45) is 3.25. The van der Waals surface area contributed by atoms with Gasteiger partial charge >= 0.3 is 5.97 Å². The zero-order chi connectivity index (χ0) is 14.3. The van der Waals surface area contributed by atoms with Crippen molar-refractivity contribution >= 4 is 22.4 Å². The average Bonchev–Trinajstić information content (AvgIpc) is 2.67. The first kappa shape index (κ1) is 12.8. The summed E-state index contributed by atoms with van der Waals surface area (Å²) in [6.45, 7) is 2.06. The van der Waals surface area contributed by atoms with Gasteiger partial charge in [0.05, 0.1) is 6.61 Å². The van der Waals surface area contributed by atoms with Crippen molar-refractivity contribution in [2.24, 2.45) is 7.05 Å². The zero-order valence-electron chi connectivity index (χ0n) is 11.6. The number of ether oxygens (including phenoxy) is 1. The molecule has 1 aliphatic rings. The molecule has 0 bridgehead atoms. The fourth-order valence-electron chi connectivity index (χ4n) is 2.90.